The van der Waals surface area contributed by atoms with Crippen molar-refractivity contribution in [2.45, 2.75) is 25.4 Å². The number of imide groups is 1. The molecule has 2 aromatic rings. The molecule has 2 aliphatic rings. The third kappa shape index (κ3) is 5.55. The molecule has 0 aliphatic carbocycles. The second-order valence-electron chi connectivity index (χ2n) is 8.21. The molecule has 6 nitrogen and oxygen atoms in total. The van der Waals surface area contributed by atoms with Crippen molar-refractivity contribution in [2.24, 2.45) is 0 Å². The lowest BCUT2D eigenvalue weighted by Crippen LogP contribution is -2.46. The van der Waals surface area contributed by atoms with Crippen molar-refractivity contribution in [1.82, 2.24) is 15.1 Å². The van der Waals surface area contributed by atoms with Crippen LogP contribution < -0.4 is 10.2 Å². The van der Waals surface area contributed by atoms with Crippen LogP contribution in [0.1, 0.15) is 18.4 Å². The summed E-state index contributed by atoms with van der Waals surface area (Å²) in [6.07, 6.45) is 1.07. The fourth-order valence-electron chi connectivity index (χ4n) is 4.24. The maximum absolute atomic E-state index is 13.1. The Morgan fingerprint density at radius 2 is 1.58 bits per heavy atom. The molecule has 0 radical (unpaired) electrons. The van der Waals surface area contributed by atoms with Gasteiger partial charge in [0.15, 0.2) is 0 Å². The molecule has 2 fully saturated rings. The number of hydrogen-bond donors (Lipinski definition) is 1. The standard InChI is InChI=1S/C24H29FN4O2/c25-20-7-9-21(10-8-20)29-23(30)17-22(24(29)31)26-11-4-12-27-13-15-28(16-14-27)18-19-5-2-1-3-6-19/h1-3,5-10,22,26H,4,11-18H2. The lowest BCUT2D eigenvalue weighted by Gasteiger charge is -2.34. The molecule has 1 N–H and O–H groups in total. The Bertz CT molecular complexity index is 882. The van der Waals surface area contributed by atoms with Crippen molar-refractivity contribution >= 4 is 17.5 Å². The molecular weight excluding hydrogens is 395 g/mol. The summed E-state index contributed by atoms with van der Waals surface area (Å²) in [5.74, 6) is -0.895. The van der Waals surface area contributed by atoms with Crippen LogP contribution in [0.3, 0.4) is 0 Å². The van der Waals surface area contributed by atoms with Crippen molar-refractivity contribution in [1.29, 1.82) is 0 Å². The smallest absolute Gasteiger partial charge is 0.251 e. The Hall–Kier alpha value is -2.61. The largest absolute Gasteiger partial charge is 0.305 e. The van der Waals surface area contributed by atoms with Gasteiger partial charge in [-0.3, -0.25) is 14.5 Å². The van der Waals surface area contributed by atoms with Crippen molar-refractivity contribution < 1.29 is 14.0 Å². The highest BCUT2D eigenvalue weighted by Crippen LogP contribution is 2.23. The first-order valence-electron chi connectivity index (χ1n) is 10.9. The van der Waals surface area contributed by atoms with E-state index in [0.717, 1.165) is 50.6 Å². The first-order chi connectivity index (χ1) is 15.1. The molecule has 2 saturated heterocycles. The first-order valence-corrected chi connectivity index (χ1v) is 10.9. The van der Waals surface area contributed by atoms with Crippen molar-refractivity contribution in [2.75, 3.05) is 44.2 Å². The van der Waals surface area contributed by atoms with Gasteiger partial charge >= 0.3 is 0 Å². The fourth-order valence-corrected chi connectivity index (χ4v) is 4.24. The number of amides is 2. The van der Waals surface area contributed by atoms with Gasteiger partial charge in [0.05, 0.1) is 18.2 Å². The number of carbonyl (C=O) groups excluding carboxylic acids is 2. The summed E-state index contributed by atoms with van der Waals surface area (Å²) in [7, 11) is 0. The van der Waals surface area contributed by atoms with E-state index in [9.17, 15) is 14.0 Å². The third-order valence-corrected chi connectivity index (χ3v) is 5.99. The molecule has 1 unspecified atom stereocenters. The average molecular weight is 425 g/mol. The third-order valence-electron chi connectivity index (χ3n) is 5.99. The van der Waals surface area contributed by atoms with E-state index in [0.29, 0.717) is 12.2 Å². The molecule has 164 valence electrons. The van der Waals surface area contributed by atoms with Gasteiger partial charge < -0.3 is 10.2 Å². The lowest BCUT2D eigenvalue weighted by atomic mass is 10.2. The zero-order chi connectivity index (χ0) is 21.6. The Labute approximate surface area is 182 Å². The first kappa shape index (κ1) is 21.6. The monoisotopic (exact) mass is 424 g/mol. The Morgan fingerprint density at radius 3 is 2.29 bits per heavy atom. The molecule has 0 aromatic heterocycles. The molecule has 2 aliphatic heterocycles. The van der Waals surface area contributed by atoms with Crippen LogP contribution >= 0.6 is 0 Å². The zero-order valence-electron chi connectivity index (χ0n) is 17.7. The molecule has 1 atom stereocenters. The normalized spacial score (nSPS) is 20.5. The average Bonchev–Trinajstić information content (AvgIpc) is 3.07. The van der Waals surface area contributed by atoms with Gasteiger partial charge in [-0.25, -0.2) is 9.29 Å². The van der Waals surface area contributed by atoms with E-state index >= 15 is 0 Å². The number of rotatable bonds is 8. The predicted octanol–water partition coefficient (Wildman–Crippen LogP) is 2.26. The number of nitrogens with one attached hydrogen (secondary N) is 1. The molecule has 31 heavy (non-hydrogen) atoms. The maximum Gasteiger partial charge on any atom is 0.251 e. The van der Waals surface area contributed by atoms with Crippen molar-refractivity contribution in [3.05, 3.63) is 66.0 Å². The van der Waals surface area contributed by atoms with Gasteiger partial charge in [0.1, 0.15) is 5.82 Å². The van der Waals surface area contributed by atoms with Gasteiger partial charge in [0.25, 0.3) is 5.91 Å². The number of anilines is 1. The summed E-state index contributed by atoms with van der Waals surface area (Å²) in [5.41, 5.74) is 1.78. The van der Waals surface area contributed by atoms with Crippen LogP contribution in [-0.4, -0.2) is 66.9 Å². The predicted molar refractivity (Wildman–Crippen MR) is 118 cm³/mol. The molecule has 2 aromatic carbocycles. The maximum atomic E-state index is 13.1. The second-order valence-corrected chi connectivity index (χ2v) is 8.21. The van der Waals surface area contributed by atoms with Crippen molar-refractivity contribution in [3.8, 4) is 0 Å². The van der Waals surface area contributed by atoms with Crippen molar-refractivity contribution in [3.63, 3.8) is 0 Å². The van der Waals surface area contributed by atoms with E-state index in [2.05, 4.69) is 39.4 Å². The summed E-state index contributed by atoms with van der Waals surface area (Å²) in [4.78, 5) is 31.0. The van der Waals surface area contributed by atoms with Crippen LogP contribution in [-0.2, 0) is 16.1 Å². The zero-order valence-corrected chi connectivity index (χ0v) is 17.7. The topological polar surface area (TPSA) is 55.9 Å². The number of piperazine rings is 1. The van der Waals surface area contributed by atoms with Crippen LogP contribution in [0.25, 0.3) is 0 Å². The van der Waals surface area contributed by atoms with E-state index in [-0.39, 0.29) is 18.2 Å². The number of benzene rings is 2. The molecule has 0 bridgehead atoms. The van der Waals surface area contributed by atoms with E-state index < -0.39 is 11.9 Å². The van der Waals surface area contributed by atoms with Gasteiger partial charge in [0, 0.05) is 32.7 Å². The van der Waals surface area contributed by atoms with E-state index in [4.69, 9.17) is 0 Å². The highest BCUT2D eigenvalue weighted by Gasteiger charge is 2.39. The quantitative estimate of drug-likeness (QED) is 0.520. The highest BCUT2D eigenvalue weighted by atomic mass is 19.1. The van der Waals surface area contributed by atoms with E-state index in [1.54, 1.807) is 0 Å². The molecule has 2 amide bonds. The number of carbonyl (C=O) groups is 2. The van der Waals surface area contributed by atoms with Gasteiger partial charge in [-0.15, -0.1) is 0 Å². The minimum Gasteiger partial charge on any atom is -0.305 e. The summed E-state index contributed by atoms with van der Waals surface area (Å²) < 4.78 is 13.1. The molecule has 2 heterocycles. The van der Waals surface area contributed by atoms with Crippen LogP contribution in [0.2, 0.25) is 0 Å². The minimum absolute atomic E-state index is 0.147. The van der Waals surface area contributed by atoms with Crippen LogP contribution in [0.15, 0.2) is 54.6 Å². The molecule has 0 spiro atoms. The number of hydrogen-bond acceptors (Lipinski definition) is 5. The van der Waals surface area contributed by atoms with Crippen LogP contribution in [0.4, 0.5) is 10.1 Å². The van der Waals surface area contributed by atoms with E-state index in [1.807, 2.05) is 6.07 Å². The van der Waals surface area contributed by atoms with Gasteiger partial charge in [-0.1, -0.05) is 30.3 Å². The van der Waals surface area contributed by atoms with Crippen LogP contribution in [0.5, 0.6) is 0 Å². The molecule has 4 rings (SSSR count). The van der Waals surface area contributed by atoms with Gasteiger partial charge in [-0.05, 0) is 49.3 Å². The molecule has 7 heteroatoms. The summed E-state index contributed by atoms with van der Waals surface area (Å²) in [6.45, 7) is 6.87. The number of nitrogens with zero attached hydrogens (tertiary/aromatic N) is 3. The highest BCUT2D eigenvalue weighted by molar-refractivity contribution is 6.22. The Balaban J connectivity index is 1.16. The van der Waals surface area contributed by atoms with Gasteiger partial charge in [0.2, 0.25) is 5.91 Å². The second kappa shape index (κ2) is 10.1. The summed E-state index contributed by atoms with van der Waals surface area (Å²) in [5, 5.41) is 3.23. The lowest BCUT2D eigenvalue weighted by molar-refractivity contribution is -0.121. The Morgan fingerprint density at radius 1 is 0.903 bits per heavy atom. The van der Waals surface area contributed by atoms with E-state index in [1.165, 1.54) is 29.8 Å². The Kier molecular flexibility index (Phi) is 7.06. The SMILES string of the molecule is O=C1CC(NCCCN2CCN(Cc3ccccc3)CC2)C(=O)N1c1ccc(F)cc1. The van der Waals surface area contributed by atoms with Gasteiger partial charge in [-0.2, -0.15) is 0 Å². The molecule has 0 saturated carbocycles. The summed E-state index contributed by atoms with van der Waals surface area (Å²) in [6, 6.07) is 15.5. The molecular formula is C24H29FN4O2. The summed E-state index contributed by atoms with van der Waals surface area (Å²) >= 11 is 0. The van der Waals surface area contributed by atoms with Crippen LogP contribution in [0, 0.1) is 5.82 Å². The number of halogens is 1. The fraction of sp³-hybridized carbons (Fsp3) is 0.417. The minimum atomic E-state index is -0.500.